The van der Waals surface area contributed by atoms with Crippen LogP contribution in [0.5, 0.6) is 17.2 Å². The highest BCUT2D eigenvalue weighted by atomic mass is 16.5. The van der Waals surface area contributed by atoms with Gasteiger partial charge in [0.15, 0.2) is 0 Å². The summed E-state index contributed by atoms with van der Waals surface area (Å²) in [5, 5.41) is 0. The van der Waals surface area contributed by atoms with Crippen LogP contribution in [-0.4, -0.2) is 19.8 Å². The predicted octanol–water partition coefficient (Wildman–Crippen LogP) is 11.3. The zero-order valence-corrected chi connectivity index (χ0v) is 26.9. The van der Waals surface area contributed by atoms with Crippen molar-refractivity contribution in [1.29, 1.82) is 0 Å². The first kappa shape index (κ1) is 37.1. The molecule has 0 radical (unpaired) electrons. The molecule has 0 saturated carbocycles. The quantitative estimate of drug-likeness (QED) is 0.198. The molecule has 0 saturated heterocycles. The lowest BCUT2D eigenvalue weighted by Crippen LogP contribution is -1.95. The van der Waals surface area contributed by atoms with E-state index in [4.69, 9.17) is 14.2 Å². The minimum atomic E-state index is 0.833. The first-order valence-electron chi connectivity index (χ1n) is 15.5. The maximum Gasteiger partial charge on any atom is 0.119 e. The fourth-order valence-electron chi connectivity index (χ4n) is 2.91. The van der Waals surface area contributed by atoms with Gasteiger partial charge < -0.3 is 14.2 Å². The zero-order chi connectivity index (χ0) is 29.8. The third-order valence-electron chi connectivity index (χ3n) is 5.86. The van der Waals surface area contributed by atoms with Gasteiger partial charge in [0, 0.05) is 0 Å². The van der Waals surface area contributed by atoms with Crippen molar-refractivity contribution >= 4 is 0 Å². The molecule has 0 aliphatic heterocycles. The molecule has 3 nitrogen and oxygen atoms in total. The van der Waals surface area contributed by atoms with Gasteiger partial charge >= 0.3 is 0 Å². The molecule has 0 aromatic heterocycles. The number of unbranched alkanes of at least 4 members (excludes halogenated alkanes) is 4. The van der Waals surface area contributed by atoms with Crippen LogP contribution in [0.15, 0.2) is 72.8 Å². The molecule has 0 aliphatic carbocycles. The van der Waals surface area contributed by atoms with Crippen LogP contribution in [0.1, 0.15) is 103 Å². The van der Waals surface area contributed by atoms with E-state index in [0.29, 0.717) is 0 Å². The van der Waals surface area contributed by atoms with Gasteiger partial charge in [0.2, 0.25) is 0 Å². The van der Waals surface area contributed by atoms with Gasteiger partial charge in [-0.3, -0.25) is 0 Å². The van der Waals surface area contributed by atoms with Crippen molar-refractivity contribution in [2.45, 2.75) is 107 Å². The fraction of sp³-hybridized carbons (Fsp3) is 0.514. The van der Waals surface area contributed by atoms with E-state index in [1.807, 2.05) is 36.4 Å². The van der Waals surface area contributed by atoms with Crippen molar-refractivity contribution in [3.05, 3.63) is 89.5 Å². The molecule has 0 unspecified atom stereocenters. The summed E-state index contributed by atoms with van der Waals surface area (Å²) in [4.78, 5) is 0. The van der Waals surface area contributed by atoms with E-state index >= 15 is 0 Å². The summed E-state index contributed by atoms with van der Waals surface area (Å²) in [6.07, 6.45) is 9.60. The van der Waals surface area contributed by atoms with Crippen molar-refractivity contribution in [2.24, 2.45) is 0 Å². The molecule has 3 rings (SSSR count). The Hall–Kier alpha value is -2.94. The van der Waals surface area contributed by atoms with E-state index in [1.165, 1.54) is 48.8 Å². The van der Waals surface area contributed by atoms with Crippen LogP contribution in [-0.2, 0) is 0 Å². The van der Waals surface area contributed by atoms with Crippen LogP contribution in [0.2, 0.25) is 0 Å². The van der Waals surface area contributed by atoms with Crippen molar-refractivity contribution in [3.8, 4) is 17.2 Å². The average Bonchev–Trinajstić information content (AvgIpc) is 2.97. The Kier molecular flexibility index (Phi) is 24.4. The minimum Gasteiger partial charge on any atom is -0.494 e. The Labute approximate surface area is 247 Å². The van der Waals surface area contributed by atoms with E-state index in [-0.39, 0.29) is 0 Å². The molecule has 0 N–H and O–H groups in total. The van der Waals surface area contributed by atoms with E-state index in [9.17, 15) is 0 Å². The SMILES string of the molecule is CCCC.CCCCOc1ccc(C)cc1.CCCCOc1ccc(C)cc1.CCCCOc1ccc(C)cc1. The molecule has 40 heavy (non-hydrogen) atoms. The third-order valence-corrected chi connectivity index (χ3v) is 5.86. The summed E-state index contributed by atoms with van der Waals surface area (Å²) >= 11 is 0. The van der Waals surface area contributed by atoms with Gasteiger partial charge in [-0.1, -0.05) is 120 Å². The van der Waals surface area contributed by atoms with Gasteiger partial charge in [-0.15, -0.1) is 0 Å². The summed E-state index contributed by atoms with van der Waals surface area (Å²) in [6, 6.07) is 24.5. The van der Waals surface area contributed by atoms with Crippen LogP contribution in [0.25, 0.3) is 0 Å². The molecule has 0 spiro atoms. The second-order valence-electron chi connectivity index (χ2n) is 10.0. The van der Waals surface area contributed by atoms with Gasteiger partial charge in [-0.05, 0) is 76.4 Å². The summed E-state index contributed by atoms with van der Waals surface area (Å²) in [5.74, 6) is 2.94. The highest BCUT2D eigenvalue weighted by Gasteiger charge is 1.93. The minimum absolute atomic E-state index is 0.833. The van der Waals surface area contributed by atoms with Crippen LogP contribution >= 0.6 is 0 Å². The molecule has 0 fully saturated rings. The molecule has 0 heterocycles. The molecule has 224 valence electrons. The summed E-state index contributed by atoms with van der Waals surface area (Å²) < 4.78 is 16.5. The first-order valence-corrected chi connectivity index (χ1v) is 15.5. The average molecular weight is 551 g/mol. The lowest BCUT2D eigenvalue weighted by molar-refractivity contribution is 0.309. The number of aryl methyl sites for hydroxylation is 3. The van der Waals surface area contributed by atoms with Crippen LogP contribution in [0.3, 0.4) is 0 Å². The molecular weight excluding hydrogens is 492 g/mol. The molecule has 3 heteroatoms. The number of hydrogen-bond donors (Lipinski definition) is 0. The Balaban J connectivity index is 0.000000534. The van der Waals surface area contributed by atoms with Crippen LogP contribution in [0.4, 0.5) is 0 Å². The molecule has 0 atom stereocenters. The van der Waals surface area contributed by atoms with Crippen LogP contribution in [0, 0.1) is 20.8 Å². The maximum absolute atomic E-state index is 5.50. The monoisotopic (exact) mass is 550 g/mol. The highest BCUT2D eigenvalue weighted by molar-refractivity contribution is 5.27. The van der Waals surface area contributed by atoms with Gasteiger partial charge in [0.25, 0.3) is 0 Å². The molecule has 0 aliphatic rings. The number of hydrogen-bond acceptors (Lipinski definition) is 3. The lowest BCUT2D eigenvalue weighted by Gasteiger charge is -2.04. The molecule has 0 amide bonds. The second-order valence-corrected chi connectivity index (χ2v) is 10.0. The zero-order valence-electron chi connectivity index (χ0n) is 26.9. The number of rotatable bonds is 13. The van der Waals surface area contributed by atoms with Gasteiger partial charge in [-0.2, -0.15) is 0 Å². The van der Waals surface area contributed by atoms with E-state index in [1.54, 1.807) is 0 Å². The second kappa shape index (κ2) is 26.3. The molecular formula is C37H58O3. The fourth-order valence-corrected chi connectivity index (χ4v) is 2.91. The van der Waals surface area contributed by atoms with E-state index in [2.05, 4.69) is 91.8 Å². The van der Waals surface area contributed by atoms with Crippen molar-refractivity contribution in [3.63, 3.8) is 0 Å². The number of ether oxygens (including phenoxy) is 3. The Bertz CT molecular complexity index is 791. The normalized spacial score (nSPS) is 9.60. The first-order chi connectivity index (χ1) is 19.4. The summed E-state index contributed by atoms with van der Waals surface area (Å²) in [5.41, 5.74) is 3.83. The lowest BCUT2D eigenvalue weighted by atomic mass is 10.2. The highest BCUT2D eigenvalue weighted by Crippen LogP contribution is 2.13. The van der Waals surface area contributed by atoms with Gasteiger partial charge in [-0.25, -0.2) is 0 Å². The smallest absolute Gasteiger partial charge is 0.119 e. The predicted molar refractivity (Wildman–Crippen MR) is 175 cm³/mol. The Morgan fingerprint density at radius 1 is 0.350 bits per heavy atom. The number of benzene rings is 3. The van der Waals surface area contributed by atoms with Crippen molar-refractivity contribution < 1.29 is 14.2 Å². The van der Waals surface area contributed by atoms with Gasteiger partial charge in [0.05, 0.1) is 19.8 Å². The van der Waals surface area contributed by atoms with Crippen molar-refractivity contribution in [2.75, 3.05) is 19.8 Å². The third kappa shape index (κ3) is 21.9. The topological polar surface area (TPSA) is 27.7 Å². The van der Waals surface area contributed by atoms with E-state index in [0.717, 1.165) is 56.3 Å². The standard InChI is InChI=1S/3C11H16O.C4H10/c3*1-3-4-9-12-11-7-5-10(2)6-8-11;1-3-4-2/h3*5-8H,3-4,9H2,1-2H3;3-4H2,1-2H3. The largest absolute Gasteiger partial charge is 0.494 e. The van der Waals surface area contributed by atoms with Gasteiger partial charge in [0.1, 0.15) is 17.2 Å². The molecule has 3 aromatic rings. The van der Waals surface area contributed by atoms with Crippen LogP contribution < -0.4 is 14.2 Å². The van der Waals surface area contributed by atoms with Crippen molar-refractivity contribution in [1.82, 2.24) is 0 Å². The maximum atomic E-state index is 5.50. The van der Waals surface area contributed by atoms with E-state index < -0.39 is 0 Å². The Morgan fingerprint density at radius 3 is 0.750 bits per heavy atom. The molecule has 3 aromatic carbocycles. The summed E-state index contributed by atoms with van der Waals surface area (Å²) in [7, 11) is 0. The summed E-state index contributed by atoms with van der Waals surface area (Å²) in [6.45, 7) is 19.6. The molecule has 0 bridgehead atoms. The Morgan fingerprint density at radius 2 is 0.575 bits per heavy atom.